The normalized spacial score (nSPS) is 20.8. The third-order valence-corrected chi connectivity index (χ3v) is 5.41. The summed E-state index contributed by atoms with van der Waals surface area (Å²) >= 11 is 0. The number of nitrogens with zero attached hydrogens (tertiary/aromatic N) is 4. The maximum Gasteiger partial charge on any atom is 0.230 e. The topological polar surface area (TPSA) is 60.2 Å². The summed E-state index contributed by atoms with van der Waals surface area (Å²) in [5.41, 5.74) is 1.03. The van der Waals surface area contributed by atoms with Crippen LogP contribution in [-0.4, -0.2) is 45.3 Å². The number of carbonyl (C=O) groups is 1. The molecule has 2 aliphatic heterocycles. The maximum absolute atomic E-state index is 13.1. The smallest absolute Gasteiger partial charge is 0.230 e. The van der Waals surface area contributed by atoms with E-state index >= 15 is 0 Å². The van der Waals surface area contributed by atoms with Crippen LogP contribution in [0.5, 0.6) is 5.75 Å². The molecule has 3 heterocycles. The molecule has 2 aliphatic rings. The molecule has 6 heteroatoms. The summed E-state index contributed by atoms with van der Waals surface area (Å²) in [6.45, 7) is 5.19. The van der Waals surface area contributed by atoms with Crippen LogP contribution in [0.2, 0.25) is 0 Å². The molecule has 1 unspecified atom stereocenters. The first kappa shape index (κ1) is 16.1. The van der Waals surface area contributed by atoms with E-state index in [0.29, 0.717) is 12.5 Å². The summed E-state index contributed by atoms with van der Waals surface area (Å²) in [5.74, 6) is 2.49. The van der Waals surface area contributed by atoms with Crippen LogP contribution in [0.25, 0.3) is 0 Å². The van der Waals surface area contributed by atoms with Crippen molar-refractivity contribution in [2.45, 2.75) is 44.6 Å². The number of benzene rings is 1. The molecule has 0 radical (unpaired) electrons. The Morgan fingerprint density at radius 2 is 2.04 bits per heavy atom. The Morgan fingerprint density at radius 3 is 2.84 bits per heavy atom. The second-order valence-corrected chi connectivity index (χ2v) is 6.80. The van der Waals surface area contributed by atoms with Gasteiger partial charge in [0.15, 0.2) is 0 Å². The van der Waals surface area contributed by atoms with Crippen molar-refractivity contribution >= 4 is 5.91 Å². The highest BCUT2D eigenvalue weighted by atomic mass is 16.5. The highest BCUT2D eigenvalue weighted by Crippen LogP contribution is 2.36. The van der Waals surface area contributed by atoms with Crippen LogP contribution in [0, 0.1) is 0 Å². The summed E-state index contributed by atoms with van der Waals surface area (Å²) < 4.78 is 7.80. The Hall–Kier alpha value is -2.37. The summed E-state index contributed by atoms with van der Waals surface area (Å²) in [4.78, 5) is 15.1. The standard InChI is InChI=1S/C19H24N4O2/c1-2-22-13-20-21-18(22)14-7-10-23(11-8-14)19(24)16-9-12-25-17-6-4-3-5-15(16)17/h3-6,13-14,16H,2,7-12H2,1H3. The van der Waals surface area contributed by atoms with E-state index in [4.69, 9.17) is 4.74 Å². The van der Waals surface area contributed by atoms with Crippen LogP contribution in [0.1, 0.15) is 49.4 Å². The molecule has 1 fully saturated rings. The molecule has 1 amide bonds. The Kier molecular flexibility index (Phi) is 4.42. The van der Waals surface area contributed by atoms with E-state index in [0.717, 1.165) is 56.0 Å². The largest absolute Gasteiger partial charge is 0.493 e. The van der Waals surface area contributed by atoms with E-state index in [1.54, 1.807) is 6.33 Å². The number of likely N-dealkylation sites (tertiary alicyclic amines) is 1. The van der Waals surface area contributed by atoms with Gasteiger partial charge in [0.2, 0.25) is 5.91 Å². The van der Waals surface area contributed by atoms with Gasteiger partial charge in [-0.3, -0.25) is 4.79 Å². The fourth-order valence-corrected chi connectivity index (χ4v) is 4.00. The van der Waals surface area contributed by atoms with Gasteiger partial charge in [-0.2, -0.15) is 0 Å². The zero-order chi connectivity index (χ0) is 17.2. The molecule has 6 nitrogen and oxygen atoms in total. The quantitative estimate of drug-likeness (QED) is 0.862. The van der Waals surface area contributed by atoms with Crippen molar-refractivity contribution in [3.8, 4) is 5.75 Å². The molecule has 0 saturated carbocycles. The van der Waals surface area contributed by atoms with Gasteiger partial charge in [0.05, 0.1) is 12.5 Å². The van der Waals surface area contributed by atoms with Crippen molar-refractivity contribution in [3.63, 3.8) is 0 Å². The third-order valence-electron chi connectivity index (χ3n) is 5.41. The molecular weight excluding hydrogens is 316 g/mol. The number of para-hydroxylation sites is 1. The molecule has 1 aromatic carbocycles. The summed E-state index contributed by atoms with van der Waals surface area (Å²) in [6.07, 6.45) is 4.47. The second-order valence-electron chi connectivity index (χ2n) is 6.80. The third kappa shape index (κ3) is 3.01. The van der Waals surface area contributed by atoms with E-state index in [1.165, 1.54) is 0 Å². The highest BCUT2D eigenvalue weighted by Gasteiger charge is 2.33. The number of hydrogen-bond donors (Lipinski definition) is 0. The fraction of sp³-hybridized carbons (Fsp3) is 0.526. The number of rotatable bonds is 3. The lowest BCUT2D eigenvalue weighted by Gasteiger charge is -2.35. The molecule has 0 bridgehead atoms. The lowest BCUT2D eigenvalue weighted by Crippen LogP contribution is -2.42. The van der Waals surface area contributed by atoms with Gasteiger partial charge >= 0.3 is 0 Å². The molecule has 0 spiro atoms. The minimum Gasteiger partial charge on any atom is -0.493 e. The van der Waals surface area contributed by atoms with Gasteiger partial charge in [-0.15, -0.1) is 10.2 Å². The Labute approximate surface area is 147 Å². The van der Waals surface area contributed by atoms with Crippen molar-refractivity contribution in [2.75, 3.05) is 19.7 Å². The average molecular weight is 340 g/mol. The van der Waals surface area contributed by atoms with Crippen LogP contribution >= 0.6 is 0 Å². The Balaban J connectivity index is 1.44. The van der Waals surface area contributed by atoms with Crippen LogP contribution in [0.3, 0.4) is 0 Å². The number of ether oxygens (including phenoxy) is 1. The van der Waals surface area contributed by atoms with Gasteiger partial charge in [-0.05, 0) is 32.3 Å². The zero-order valence-electron chi connectivity index (χ0n) is 14.6. The van der Waals surface area contributed by atoms with Crippen LogP contribution in [0.15, 0.2) is 30.6 Å². The monoisotopic (exact) mass is 340 g/mol. The first-order valence-electron chi connectivity index (χ1n) is 9.16. The molecule has 0 aliphatic carbocycles. The van der Waals surface area contributed by atoms with Gasteiger partial charge < -0.3 is 14.2 Å². The van der Waals surface area contributed by atoms with Crippen molar-refractivity contribution in [1.82, 2.24) is 19.7 Å². The predicted molar refractivity (Wildman–Crippen MR) is 93.5 cm³/mol. The van der Waals surface area contributed by atoms with Crippen LogP contribution in [0.4, 0.5) is 0 Å². The zero-order valence-corrected chi connectivity index (χ0v) is 14.6. The number of aromatic nitrogens is 3. The van der Waals surface area contributed by atoms with Crippen molar-refractivity contribution in [3.05, 3.63) is 42.0 Å². The number of hydrogen-bond acceptors (Lipinski definition) is 4. The van der Waals surface area contributed by atoms with E-state index in [1.807, 2.05) is 29.2 Å². The Morgan fingerprint density at radius 1 is 1.24 bits per heavy atom. The Bertz CT molecular complexity index is 749. The minimum atomic E-state index is -0.0687. The van der Waals surface area contributed by atoms with Crippen LogP contribution in [-0.2, 0) is 11.3 Å². The number of aryl methyl sites for hydroxylation is 1. The molecule has 1 aromatic heterocycles. The molecule has 2 aromatic rings. The van der Waals surface area contributed by atoms with E-state index in [2.05, 4.69) is 21.7 Å². The summed E-state index contributed by atoms with van der Waals surface area (Å²) in [7, 11) is 0. The molecule has 4 rings (SSSR count). The molecule has 1 saturated heterocycles. The minimum absolute atomic E-state index is 0.0687. The highest BCUT2D eigenvalue weighted by molar-refractivity contribution is 5.85. The predicted octanol–water partition coefficient (Wildman–Crippen LogP) is 2.57. The lowest BCUT2D eigenvalue weighted by molar-refractivity contribution is -0.134. The number of amides is 1. The van der Waals surface area contributed by atoms with E-state index < -0.39 is 0 Å². The molecule has 0 N–H and O–H groups in total. The first-order valence-corrected chi connectivity index (χ1v) is 9.16. The van der Waals surface area contributed by atoms with Gasteiger partial charge in [0.25, 0.3) is 0 Å². The van der Waals surface area contributed by atoms with Crippen molar-refractivity contribution in [2.24, 2.45) is 0 Å². The molecular formula is C19H24N4O2. The number of fused-ring (bicyclic) bond motifs is 1. The fourth-order valence-electron chi connectivity index (χ4n) is 4.00. The van der Waals surface area contributed by atoms with E-state index in [9.17, 15) is 4.79 Å². The number of piperidine rings is 1. The van der Waals surface area contributed by atoms with E-state index in [-0.39, 0.29) is 11.8 Å². The van der Waals surface area contributed by atoms with Gasteiger partial charge in [-0.1, -0.05) is 18.2 Å². The summed E-state index contributed by atoms with van der Waals surface area (Å²) in [6, 6.07) is 7.92. The van der Waals surface area contributed by atoms with Crippen molar-refractivity contribution in [1.29, 1.82) is 0 Å². The van der Waals surface area contributed by atoms with Gasteiger partial charge in [0.1, 0.15) is 17.9 Å². The second kappa shape index (κ2) is 6.86. The molecule has 132 valence electrons. The molecule has 25 heavy (non-hydrogen) atoms. The lowest BCUT2D eigenvalue weighted by atomic mass is 9.89. The van der Waals surface area contributed by atoms with Crippen molar-refractivity contribution < 1.29 is 9.53 Å². The maximum atomic E-state index is 13.1. The van der Waals surface area contributed by atoms with Gasteiger partial charge in [0, 0.05) is 31.1 Å². The van der Waals surface area contributed by atoms with Crippen LogP contribution < -0.4 is 4.74 Å². The SMILES string of the molecule is CCn1cnnc1C1CCN(C(=O)C2CCOc3ccccc32)CC1. The first-order chi connectivity index (χ1) is 12.3. The number of carbonyl (C=O) groups excluding carboxylic acids is 1. The molecule has 1 atom stereocenters. The summed E-state index contributed by atoms with van der Waals surface area (Å²) in [5, 5.41) is 8.33. The van der Waals surface area contributed by atoms with Gasteiger partial charge in [-0.25, -0.2) is 0 Å². The average Bonchev–Trinajstić information content (AvgIpc) is 3.16.